The molecule has 14 heavy (non-hydrogen) atoms. The van der Waals surface area contributed by atoms with E-state index >= 15 is 0 Å². The van der Waals surface area contributed by atoms with E-state index in [1.807, 2.05) is 6.92 Å². The number of carbonyl (C=O) groups is 1. The van der Waals surface area contributed by atoms with Crippen LogP contribution < -0.4 is 0 Å². The van der Waals surface area contributed by atoms with Gasteiger partial charge in [-0.15, -0.1) is 6.92 Å². The number of Topliss-reactive ketones (excluding diaryl/α,β-unsaturated/α-hetero) is 1. The van der Waals surface area contributed by atoms with Gasteiger partial charge < -0.3 is 4.79 Å². The van der Waals surface area contributed by atoms with Crippen molar-refractivity contribution in [1.82, 2.24) is 0 Å². The van der Waals surface area contributed by atoms with Gasteiger partial charge in [-0.2, -0.15) is 5.57 Å². The number of carbonyl (C=O) groups excluding carboxylic acids is 1. The molecule has 0 aromatic heterocycles. The summed E-state index contributed by atoms with van der Waals surface area (Å²) in [4.78, 5) is 12.0. The SMILES string of the molecule is CC1=C(C)[C-]2CC(C)(C1=O)C2(C)C.[Ru+]. The van der Waals surface area contributed by atoms with Crippen LogP contribution in [0.2, 0.25) is 0 Å². The van der Waals surface area contributed by atoms with Gasteiger partial charge in [-0.1, -0.05) is 39.5 Å². The van der Waals surface area contributed by atoms with Gasteiger partial charge in [0, 0.05) is 0 Å². The molecular weight excluding hydrogens is 261 g/mol. The predicted molar refractivity (Wildman–Crippen MR) is 53.1 cm³/mol. The molecule has 0 spiro atoms. The third-order valence-corrected chi connectivity index (χ3v) is 4.52. The Hall–Kier alpha value is -0.0966. The van der Waals surface area contributed by atoms with Crippen LogP contribution in [-0.2, 0) is 24.3 Å². The molecule has 1 radical (unpaired) electrons. The molecule has 0 amide bonds. The third-order valence-electron chi connectivity index (χ3n) is 4.52. The second-order valence-corrected chi connectivity index (χ2v) is 5.19. The molecular formula is C12H17ORu. The first-order chi connectivity index (χ1) is 5.82. The maximum Gasteiger partial charge on any atom is 1.00 e. The third kappa shape index (κ3) is 0.985. The second-order valence-electron chi connectivity index (χ2n) is 5.19. The van der Waals surface area contributed by atoms with Crippen LogP contribution in [0.25, 0.3) is 0 Å². The molecule has 1 fully saturated rings. The molecule has 1 saturated carbocycles. The van der Waals surface area contributed by atoms with Crippen LogP contribution in [-0.4, -0.2) is 5.78 Å². The van der Waals surface area contributed by atoms with Gasteiger partial charge in [0.1, 0.15) is 0 Å². The number of allylic oxidation sites excluding steroid dienone is 2. The van der Waals surface area contributed by atoms with Crippen LogP contribution in [0.5, 0.6) is 0 Å². The summed E-state index contributed by atoms with van der Waals surface area (Å²) < 4.78 is 0. The van der Waals surface area contributed by atoms with Gasteiger partial charge in [0.25, 0.3) is 0 Å². The first-order valence-electron chi connectivity index (χ1n) is 4.91. The van der Waals surface area contributed by atoms with Crippen molar-refractivity contribution in [1.29, 1.82) is 0 Å². The zero-order chi connectivity index (χ0) is 10.0. The molecule has 2 bridgehead atoms. The molecule has 2 heteroatoms. The summed E-state index contributed by atoms with van der Waals surface area (Å²) in [6, 6.07) is 0. The van der Waals surface area contributed by atoms with Crippen molar-refractivity contribution in [3.63, 3.8) is 0 Å². The average Bonchev–Trinajstić information content (AvgIpc) is 2.07. The van der Waals surface area contributed by atoms with Gasteiger partial charge in [0.2, 0.25) is 0 Å². The number of fused-ring (bicyclic) bond motifs is 1. The molecule has 1 atom stereocenters. The fourth-order valence-electron chi connectivity index (χ4n) is 2.80. The van der Waals surface area contributed by atoms with E-state index in [0.29, 0.717) is 5.78 Å². The fraction of sp³-hybridized carbons (Fsp3) is 0.667. The molecule has 79 valence electrons. The molecule has 3 aliphatic rings. The Labute approximate surface area is 99.1 Å². The molecule has 0 N–H and O–H groups in total. The Kier molecular flexibility index (Phi) is 2.52. The maximum atomic E-state index is 12.0. The average molecular weight is 278 g/mol. The van der Waals surface area contributed by atoms with Crippen LogP contribution in [0.4, 0.5) is 0 Å². The predicted octanol–water partition coefficient (Wildman–Crippen LogP) is 2.91. The van der Waals surface area contributed by atoms with E-state index in [4.69, 9.17) is 0 Å². The minimum Gasteiger partial charge on any atom is -0.315 e. The minimum absolute atomic E-state index is 0. The van der Waals surface area contributed by atoms with Gasteiger partial charge in [0.05, 0.1) is 5.78 Å². The van der Waals surface area contributed by atoms with Gasteiger partial charge >= 0.3 is 19.5 Å². The second kappa shape index (κ2) is 2.95. The quantitative estimate of drug-likeness (QED) is 0.492. The normalized spacial score (nSPS) is 33.8. The molecule has 0 aromatic carbocycles. The van der Waals surface area contributed by atoms with E-state index in [2.05, 4.69) is 27.7 Å². The molecule has 3 rings (SSSR count). The number of rotatable bonds is 0. The monoisotopic (exact) mass is 279 g/mol. The Morgan fingerprint density at radius 3 is 2.14 bits per heavy atom. The molecule has 1 unspecified atom stereocenters. The van der Waals surface area contributed by atoms with Crippen molar-refractivity contribution in [2.24, 2.45) is 10.8 Å². The largest absolute Gasteiger partial charge is 1.00 e. The molecule has 0 aliphatic heterocycles. The van der Waals surface area contributed by atoms with E-state index in [-0.39, 0.29) is 30.3 Å². The zero-order valence-electron chi connectivity index (χ0n) is 9.47. The first kappa shape index (κ1) is 12.0. The Balaban J connectivity index is 0.000000980. The summed E-state index contributed by atoms with van der Waals surface area (Å²) >= 11 is 0. The minimum atomic E-state index is -0.105. The van der Waals surface area contributed by atoms with E-state index in [0.717, 1.165) is 12.0 Å². The Morgan fingerprint density at radius 1 is 1.21 bits per heavy atom. The van der Waals surface area contributed by atoms with Crippen LogP contribution in [0.1, 0.15) is 41.0 Å². The molecule has 1 nitrogen and oxygen atoms in total. The zero-order valence-corrected chi connectivity index (χ0v) is 11.2. The van der Waals surface area contributed by atoms with Gasteiger partial charge in [-0.3, -0.25) is 0 Å². The van der Waals surface area contributed by atoms with Crippen LogP contribution >= 0.6 is 0 Å². The van der Waals surface area contributed by atoms with Crippen molar-refractivity contribution in [2.75, 3.05) is 0 Å². The molecule has 0 aromatic rings. The van der Waals surface area contributed by atoms with Crippen molar-refractivity contribution >= 4 is 5.78 Å². The van der Waals surface area contributed by atoms with Crippen LogP contribution in [0.15, 0.2) is 11.1 Å². The molecule has 0 saturated heterocycles. The standard InChI is InChI=1S/C12H17O.Ru/c1-7-8(2)10(13)12(5)6-9(7)11(12,3)4;/h6H2,1-5H3;/q-1;+1. The molecule has 0 heterocycles. The summed E-state index contributed by atoms with van der Waals surface area (Å²) in [6.07, 6.45) is 0.988. The van der Waals surface area contributed by atoms with Gasteiger partial charge in [-0.05, 0) is 5.41 Å². The number of ketones is 1. The van der Waals surface area contributed by atoms with Gasteiger partial charge in [0.15, 0.2) is 0 Å². The maximum absolute atomic E-state index is 12.0. The number of hydrogen-bond donors (Lipinski definition) is 0. The summed E-state index contributed by atoms with van der Waals surface area (Å²) in [6.45, 7) is 10.5. The first-order valence-corrected chi connectivity index (χ1v) is 4.91. The summed E-state index contributed by atoms with van der Waals surface area (Å²) in [5.74, 6) is 1.86. The van der Waals surface area contributed by atoms with Crippen molar-refractivity contribution in [2.45, 2.75) is 41.0 Å². The van der Waals surface area contributed by atoms with E-state index in [1.165, 1.54) is 11.5 Å². The van der Waals surface area contributed by atoms with Crippen molar-refractivity contribution in [3.8, 4) is 0 Å². The van der Waals surface area contributed by atoms with Crippen LogP contribution in [0.3, 0.4) is 0 Å². The molecule has 3 aliphatic carbocycles. The van der Waals surface area contributed by atoms with E-state index < -0.39 is 0 Å². The van der Waals surface area contributed by atoms with Crippen molar-refractivity contribution in [3.05, 3.63) is 17.1 Å². The smallest absolute Gasteiger partial charge is 0.315 e. The van der Waals surface area contributed by atoms with E-state index in [9.17, 15) is 4.79 Å². The summed E-state index contributed by atoms with van der Waals surface area (Å²) in [5, 5.41) is 0. The number of hydrogen-bond acceptors (Lipinski definition) is 1. The van der Waals surface area contributed by atoms with Crippen molar-refractivity contribution < 1.29 is 24.3 Å². The Morgan fingerprint density at radius 2 is 1.71 bits per heavy atom. The van der Waals surface area contributed by atoms with E-state index in [1.54, 1.807) is 0 Å². The summed E-state index contributed by atoms with van der Waals surface area (Å²) in [5.41, 5.74) is 2.24. The Bertz CT molecular complexity index is 327. The van der Waals surface area contributed by atoms with Crippen LogP contribution in [0, 0.1) is 16.7 Å². The topological polar surface area (TPSA) is 17.1 Å². The fourth-order valence-corrected chi connectivity index (χ4v) is 2.80. The van der Waals surface area contributed by atoms with Gasteiger partial charge in [-0.25, -0.2) is 11.5 Å². The summed E-state index contributed by atoms with van der Waals surface area (Å²) in [7, 11) is 0.